The average Bonchev–Trinajstić information content (AvgIpc) is 3.29. The van der Waals surface area contributed by atoms with E-state index in [2.05, 4.69) is 30.3 Å². The molecule has 1 amide bonds. The fourth-order valence-electron chi connectivity index (χ4n) is 3.31. The second-order valence-electron chi connectivity index (χ2n) is 6.80. The molecule has 0 aliphatic carbocycles. The number of aromatic nitrogens is 4. The number of imidazole rings is 2. The first-order chi connectivity index (χ1) is 15.3. The first kappa shape index (κ1) is 21.4. The number of H-pyrrole nitrogens is 1. The number of benzene rings is 2. The lowest BCUT2D eigenvalue weighted by molar-refractivity contribution is -0.274. The van der Waals surface area contributed by atoms with Gasteiger partial charge in [0.25, 0.3) is 5.91 Å². The zero-order valence-corrected chi connectivity index (χ0v) is 16.8. The van der Waals surface area contributed by atoms with Crippen LogP contribution in [0.2, 0.25) is 0 Å². The zero-order valence-electron chi connectivity index (χ0n) is 16.8. The van der Waals surface area contributed by atoms with Crippen LogP contribution in [0.3, 0.4) is 0 Å². The van der Waals surface area contributed by atoms with E-state index in [1.807, 2.05) is 11.5 Å². The van der Waals surface area contributed by atoms with Gasteiger partial charge in [0.05, 0.1) is 28.7 Å². The Hall–Kier alpha value is -3.80. The van der Waals surface area contributed by atoms with Crippen LogP contribution in [0.15, 0.2) is 36.4 Å². The van der Waals surface area contributed by atoms with E-state index in [1.165, 1.54) is 18.2 Å². The molecule has 4 N–H and O–H groups in total. The Bertz CT molecular complexity index is 1280. The van der Waals surface area contributed by atoms with Gasteiger partial charge in [-0.2, -0.15) is 0 Å². The maximum Gasteiger partial charge on any atom is 0.573 e. The lowest BCUT2D eigenvalue weighted by Gasteiger charge is -2.07. The number of nitrogens with one attached hydrogen (secondary N) is 3. The second-order valence-corrected chi connectivity index (χ2v) is 6.80. The molecule has 4 rings (SSSR count). The molecule has 0 bridgehead atoms. The molecule has 9 nitrogen and oxygen atoms in total. The van der Waals surface area contributed by atoms with Crippen molar-refractivity contribution in [3.8, 4) is 5.75 Å². The van der Waals surface area contributed by atoms with E-state index in [-0.39, 0.29) is 30.8 Å². The van der Waals surface area contributed by atoms with Crippen LogP contribution in [-0.4, -0.2) is 50.0 Å². The third-order valence-electron chi connectivity index (χ3n) is 4.64. The van der Waals surface area contributed by atoms with E-state index in [0.717, 1.165) is 5.52 Å². The number of aliphatic hydroxyl groups is 1. The topological polar surface area (TPSA) is 117 Å². The SMILES string of the molecule is CCn1c(Nc2nc3ccc(OC(F)(F)F)cc3[nH]2)nc2cc(C(=O)NCCO)ccc21. The Morgan fingerprint density at radius 1 is 1.19 bits per heavy atom. The molecule has 0 radical (unpaired) electrons. The first-order valence-corrected chi connectivity index (χ1v) is 9.69. The predicted molar refractivity (Wildman–Crippen MR) is 111 cm³/mol. The summed E-state index contributed by atoms with van der Waals surface area (Å²) in [4.78, 5) is 23.9. The Kier molecular flexibility index (Phi) is 5.61. The minimum atomic E-state index is -4.78. The van der Waals surface area contributed by atoms with Crippen molar-refractivity contribution in [2.45, 2.75) is 19.8 Å². The van der Waals surface area contributed by atoms with Crippen LogP contribution in [-0.2, 0) is 6.54 Å². The number of alkyl halides is 3. The summed E-state index contributed by atoms with van der Waals surface area (Å²) in [6, 6.07) is 8.88. The molecule has 2 aromatic carbocycles. The monoisotopic (exact) mass is 448 g/mol. The van der Waals surface area contributed by atoms with Crippen molar-refractivity contribution in [3.05, 3.63) is 42.0 Å². The molecule has 0 aliphatic rings. The van der Waals surface area contributed by atoms with E-state index in [4.69, 9.17) is 5.11 Å². The molecule has 0 atom stereocenters. The lowest BCUT2D eigenvalue weighted by atomic mass is 10.2. The molecule has 12 heteroatoms. The number of aliphatic hydroxyl groups excluding tert-OH is 1. The fourth-order valence-corrected chi connectivity index (χ4v) is 3.31. The number of ether oxygens (including phenoxy) is 1. The highest BCUT2D eigenvalue weighted by Gasteiger charge is 2.31. The van der Waals surface area contributed by atoms with Gasteiger partial charge < -0.3 is 24.7 Å². The first-order valence-electron chi connectivity index (χ1n) is 9.69. The molecule has 0 unspecified atom stereocenters. The van der Waals surface area contributed by atoms with E-state index >= 15 is 0 Å². The van der Waals surface area contributed by atoms with Crippen LogP contribution in [0.1, 0.15) is 17.3 Å². The Morgan fingerprint density at radius 3 is 2.72 bits per heavy atom. The van der Waals surface area contributed by atoms with Gasteiger partial charge in [0.1, 0.15) is 5.75 Å². The van der Waals surface area contributed by atoms with Gasteiger partial charge in [-0.1, -0.05) is 0 Å². The lowest BCUT2D eigenvalue weighted by Crippen LogP contribution is -2.26. The number of nitrogens with zero attached hydrogens (tertiary/aromatic N) is 3. The third kappa shape index (κ3) is 4.44. The van der Waals surface area contributed by atoms with Crippen LogP contribution in [0.5, 0.6) is 5.75 Å². The number of anilines is 2. The number of aryl methyl sites for hydroxylation is 1. The largest absolute Gasteiger partial charge is 0.573 e. The quantitative estimate of drug-likeness (QED) is 0.345. The standard InChI is InChI=1S/C20H19F3N6O3/c1-2-29-16-6-3-11(17(31)24-7-8-30)9-15(16)27-19(29)28-18-25-13-5-4-12(10-14(13)26-18)32-20(21,22)23/h3-6,9-10,30H,2,7-8H2,1H3,(H,24,31)(H2,25,26,27,28). The number of amides is 1. The van der Waals surface area contributed by atoms with Gasteiger partial charge in [0.2, 0.25) is 11.9 Å². The Morgan fingerprint density at radius 2 is 2.00 bits per heavy atom. The van der Waals surface area contributed by atoms with Crippen molar-refractivity contribution in [2.24, 2.45) is 0 Å². The molecule has 4 aromatic rings. The minimum absolute atomic E-state index is 0.148. The molecule has 0 fully saturated rings. The Labute approximate surface area is 179 Å². The highest BCUT2D eigenvalue weighted by Crippen LogP contribution is 2.28. The van der Waals surface area contributed by atoms with Gasteiger partial charge in [-0.3, -0.25) is 10.1 Å². The number of rotatable bonds is 7. The normalized spacial score (nSPS) is 11.8. The number of carbonyl (C=O) groups excluding carboxylic acids is 1. The van der Waals surface area contributed by atoms with Crippen LogP contribution >= 0.6 is 0 Å². The smallest absolute Gasteiger partial charge is 0.406 e. The third-order valence-corrected chi connectivity index (χ3v) is 4.64. The van der Waals surface area contributed by atoms with Gasteiger partial charge in [0, 0.05) is 24.7 Å². The Balaban J connectivity index is 1.63. The molecule has 32 heavy (non-hydrogen) atoms. The van der Waals surface area contributed by atoms with Gasteiger partial charge in [-0.25, -0.2) is 9.97 Å². The van der Waals surface area contributed by atoms with Crippen molar-refractivity contribution in [1.29, 1.82) is 0 Å². The van der Waals surface area contributed by atoms with Gasteiger partial charge in [-0.05, 0) is 37.3 Å². The van der Waals surface area contributed by atoms with E-state index in [1.54, 1.807) is 18.2 Å². The van der Waals surface area contributed by atoms with Gasteiger partial charge in [-0.15, -0.1) is 13.2 Å². The summed E-state index contributed by atoms with van der Waals surface area (Å²) in [6.45, 7) is 2.48. The summed E-state index contributed by atoms with van der Waals surface area (Å²) < 4.78 is 43.2. The van der Waals surface area contributed by atoms with E-state index in [9.17, 15) is 18.0 Å². The van der Waals surface area contributed by atoms with Crippen molar-refractivity contribution >= 4 is 39.9 Å². The molecule has 2 aromatic heterocycles. The summed E-state index contributed by atoms with van der Waals surface area (Å²) in [6.07, 6.45) is -4.78. The highest BCUT2D eigenvalue weighted by molar-refractivity contribution is 5.97. The fraction of sp³-hybridized carbons (Fsp3) is 0.250. The number of fused-ring (bicyclic) bond motifs is 2. The molecular formula is C20H19F3N6O3. The molecular weight excluding hydrogens is 429 g/mol. The van der Waals surface area contributed by atoms with Crippen molar-refractivity contribution < 1.29 is 27.8 Å². The number of halogens is 3. The molecule has 168 valence electrons. The number of hydrogen-bond acceptors (Lipinski definition) is 6. The molecule has 0 spiro atoms. The van der Waals surface area contributed by atoms with Crippen molar-refractivity contribution in [3.63, 3.8) is 0 Å². The average molecular weight is 448 g/mol. The maximum atomic E-state index is 12.5. The maximum absolute atomic E-state index is 12.5. The number of carbonyl (C=O) groups is 1. The summed E-state index contributed by atoms with van der Waals surface area (Å²) in [5.41, 5.74) is 2.56. The van der Waals surface area contributed by atoms with E-state index in [0.29, 0.717) is 34.6 Å². The second kappa shape index (κ2) is 8.38. The van der Waals surface area contributed by atoms with E-state index < -0.39 is 6.36 Å². The van der Waals surface area contributed by atoms with Crippen molar-refractivity contribution in [2.75, 3.05) is 18.5 Å². The van der Waals surface area contributed by atoms with Crippen molar-refractivity contribution in [1.82, 2.24) is 24.8 Å². The predicted octanol–water partition coefficient (Wildman–Crippen LogP) is 3.30. The molecule has 0 saturated carbocycles. The summed E-state index contributed by atoms with van der Waals surface area (Å²) in [7, 11) is 0. The van der Waals surface area contributed by atoms with Crippen LogP contribution in [0.25, 0.3) is 22.1 Å². The highest BCUT2D eigenvalue weighted by atomic mass is 19.4. The minimum Gasteiger partial charge on any atom is -0.406 e. The van der Waals surface area contributed by atoms with Gasteiger partial charge >= 0.3 is 6.36 Å². The van der Waals surface area contributed by atoms with Gasteiger partial charge in [0.15, 0.2) is 0 Å². The van der Waals surface area contributed by atoms with Crippen LogP contribution < -0.4 is 15.4 Å². The number of hydrogen-bond donors (Lipinski definition) is 4. The summed E-state index contributed by atoms with van der Waals surface area (Å²) in [5, 5.41) is 14.5. The molecule has 0 aliphatic heterocycles. The summed E-state index contributed by atoms with van der Waals surface area (Å²) >= 11 is 0. The van der Waals surface area contributed by atoms with Crippen LogP contribution in [0, 0.1) is 0 Å². The van der Waals surface area contributed by atoms with Crippen LogP contribution in [0.4, 0.5) is 25.1 Å². The number of aromatic amines is 1. The summed E-state index contributed by atoms with van der Waals surface area (Å²) in [5.74, 6) is 0.0555. The molecule has 2 heterocycles. The zero-order chi connectivity index (χ0) is 22.9. The molecule has 0 saturated heterocycles.